The number of ether oxygens (including phenoxy) is 1. The van der Waals surface area contributed by atoms with Crippen LogP contribution in [0, 0.1) is 11.6 Å². The van der Waals surface area contributed by atoms with Gasteiger partial charge in [-0.25, -0.2) is 0 Å². The number of hydrogen-bond acceptors (Lipinski definition) is 2. The molecule has 1 atom stereocenters. The summed E-state index contributed by atoms with van der Waals surface area (Å²) in [6.07, 6.45) is 0. The van der Waals surface area contributed by atoms with Gasteiger partial charge in [0.2, 0.25) is 0 Å². The maximum absolute atomic E-state index is 13.8. The van der Waals surface area contributed by atoms with E-state index in [1.54, 1.807) is 0 Å². The molecule has 0 bridgehead atoms. The maximum atomic E-state index is 13.8. The second kappa shape index (κ2) is 6.23. The number of hydrogen-bond donors (Lipinski definition) is 0. The second-order valence-corrected chi connectivity index (χ2v) is 21.2. The van der Waals surface area contributed by atoms with Crippen molar-refractivity contribution in [3.63, 3.8) is 0 Å². The summed E-state index contributed by atoms with van der Waals surface area (Å²) in [7, 11) is 0. The fraction of sp³-hybridized carbons (Fsp3) is 0.278. The van der Waals surface area contributed by atoms with Gasteiger partial charge in [0.15, 0.2) is 0 Å². The Balaban J connectivity index is 1.88. The molecule has 3 rings (SSSR count). The molecule has 0 aromatic heterocycles. The van der Waals surface area contributed by atoms with E-state index in [0.29, 0.717) is 6.61 Å². The predicted molar refractivity (Wildman–Crippen MR) is 91.0 cm³/mol. The second-order valence-electron chi connectivity index (χ2n) is 6.73. The van der Waals surface area contributed by atoms with Gasteiger partial charge in [0.05, 0.1) is 0 Å². The van der Waals surface area contributed by atoms with E-state index < -0.39 is 30.0 Å². The van der Waals surface area contributed by atoms with Gasteiger partial charge in [0, 0.05) is 0 Å². The van der Waals surface area contributed by atoms with Crippen molar-refractivity contribution in [3.05, 3.63) is 65.2 Å². The molecule has 0 aliphatic carbocycles. The molecule has 1 heterocycles. The van der Waals surface area contributed by atoms with Crippen LogP contribution in [0.5, 0.6) is 0 Å². The Bertz CT molecular complexity index is 730. The molecule has 120 valence electrons. The molecule has 0 fully saturated rings. The number of rotatable bonds is 3. The van der Waals surface area contributed by atoms with Gasteiger partial charge in [-0.1, -0.05) is 0 Å². The van der Waals surface area contributed by atoms with Gasteiger partial charge in [0.25, 0.3) is 0 Å². The fourth-order valence-electron chi connectivity index (χ4n) is 2.59. The van der Waals surface area contributed by atoms with Crippen LogP contribution in [-0.2, 0) is 4.74 Å². The van der Waals surface area contributed by atoms with Crippen molar-refractivity contribution in [2.45, 2.75) is 20.9 Å². The van der Waals surface area contributed by atoms with E-state index in [4.69, 9.17) is 4.74 Å². The molecule has 2 aromatic rings. The van der Waals surface area contributed by atoms with Crippen LogP contribution in [-0.4, -0.2) is 30.9 Å². The molecule has 0 radical (unpaired) electrons. The first-order chi connectivity index (χ1) is 10.9. The third kappa shape index (κ3) is 3.42. The van der Waals surface area contributed by atoms with Gasteiger partial charge < -0.3 is 0 Å². The van der Waals surface area contributed by atoms with Crippen molar-refractivity contribution in [2.24, 2.45) is 4.99 Å². The van der Waals surface area contributed by atoms with Gasteiger partial charge in [-0.05, 0) is 0 Å². The summed E-state index contributed by atoms with van der Waals surface area (Å²) in [6.45, 7) is 0.307. The van der Waals surface area contributed by atoms with Crippen LogP contribution in [0.3, 0.4) is 0 Å². The van der Waals surface area contributed by atoms with Crippen LogP contribution in [0.1, 0.15) is 17.2 Å². The molecule has 0 saturated carbocycles. The summed E-state index contributed by atoms with van der Waals surface area (Å²) in [5.74, 6) is -1.26. The van der Waals surface area contributed by atoms with E-state index in [1.165, 1.54) is 21.8 Å². The average molecular weight is 422 g/mol. The van der Waals surface area contributed by atoms with Gasteiger partial charge in [0.1, 0.15) is 0 Å². The summed E-state index contributed by atoms with van der Waals surface area (Å²) in [6, 6.07) is 12.0. The monoisotopic (exact) mass is 423 g/mol. The number of benzene rings is 2. The Morgan fingerprint density at radius 2 is 1.61 bits per heavy atom. The van der Waals surface area contributed by atoms with E-state index in [-0.39, 0.29) is 17.5 Å². The van der Waals surface area contributed by atoms with Crippen LogP contribution in [0.2, 0.25) is 14.8 Å². The van der Waals surface area contributed by atoms with Gasteiger partial charge in [-0.15, -0.1) is 0 Å². The standard InChI is InChI=1S/C15H10F2NO.3CH3.Sn/c16-11-7-4-8-12(17)14(11)15-18-13(9-19-15)10-5-2-1-3-6-10;;;;/h2-8,13H,9H2;3*1H3;. The molecule has 0 N–H and O–H groups in total. The van der Waals surface area contributed by atoms with Crippen LogP contribution in [0.25, 0.3) is 0 Å². The third-order valence-corrected chi connectivity index (χ3v) is 9.88. The zero-order valence-electron chi connectivity index (χ0n) is 13.4. The number of halogens is 2. The topological polar surface area (TPSA) is 21.6 Å². The molecule has 2 aromatic carbocycles. The molecule has 0 amide bonds. The van der Waals surface area contributed by atoms with Crippen molar-refractivity contribution < 1.29 is 13.5 Å². The van der Waals surface area contributed by atoms with E-state index in [2.05, 4.69) is 44.1 Å². The summed E-state index contributed by atoms with van der Waals surface area (Å²) in [4.78, 5) is 11.5. The minimum absolute atomic E-state index is 0.0460. The first kappa shape index (κ1) is 16.4. The summed E-state index contributed by atoms with van der Waals surface area (Å²) < 4.78 is 34.5. The summed E-state index contributed by atoms with van der Waals surface area (Å²) in [5, 5.41) is 0. The molecule has 23 heavy (non-hydrogen) atoms. The normalized spacial score (nSPS) is 17.8. The summed E-state index contributed by atoms with van der Waals surface area (Å²) in [5.41, 5.74) is 0.827. The quantitative estimate of drug-likeness (QED) is 0.685. The molecule has 1 unspecified atom stereocenters. The first-order valence-corrected chi connectivity index (χ1v) is 17.6. The zero-order chi connectivity index (χ0) is 16.6. The molecule has 5 heteroatoms. The first-order valence-electron chi connectivity index (χ1n) is 7.61. The van der Waals surface area contributed by atoms with E-state index in [1.807, 2.05) is 0 Å². The van der Waals surface area contributed by atoms with Crippen LogP contribution >= 0.6 is 0 Å². The van der Waals surface area contributed by atoms with Crippen LogP contribution < -0.4 is 3.58 Å². The van der Waals surface area contributed by atoms with Crippen molar-refractivity contribution in [1.29, 1.82) is 0 Å². The predicted octanol–water partition coefficient (Wildman–Crippen LogP) is 4.03. The van der Waals surface area contributed by atoms with E-state index >= 15 is 0 Å². The molecule has 1 aliphatic heterocycles. The van der Waals surface area contributed by atoms with Gasteiger partial charge in [-0.3, -0.25) is 0 Å². The fourth-order valence-corrected chi connectivity index (χ4v) is 5.92. The number of aliphatic imine (C=N–C) groups is 1. The van der Waals surface area contributed by atoms with E-state index in [9.17, 15) is 8.78 Å². The van der Waals surface area contributed by atoms with E-state index in [0.717, 1.165) is 5.56 Å². The summed E-state index contributed by atoms with van der Waals surface area (Å²) >= 11 is -2.07. The van der Waals surface area contributed by atoms with Crippen molar-refractivity contribution >= 4 is 27.9 Å². The molecular formula is C18H19F2NOSn. The Labute approximate surface area is 139 Å². The third-order valence-electron chi connectivity index (χ3n) is 3.99. The van der Waals surface area contributed by atoms with Crippen molar-refractivity contribution in [3.8, 4) is 0 Å². The van der Waals surface area contributed by atoms with Gasteiger partial charge in [-0.2, -0.15) is 0 Å². The molecule has 2 nitrogen and oxygen atoms in total. The Morgan fingerprint density at radius 3 is 2.17 bits per heavy atom. The van der Waals surface area contributed by atoms with Crippen LogP contribution in [0.15, 0.2) is 47.5 Å². The molecule has 1 aliphatic rings. The molecule has 0 saturated heterocycles. The average Bonchev–Trinajstić information content (AvgIpc) is 2.96. The van der Waals surface area contributed by atoms with Crippen molar-refractivity contribution in [1.82, 2.24) is 0 Å². The minimum atomic E-state index is -2.07. The SMILES string of the molecule is [CH3][Sn]([CH3])([CH3])[c]1ccc(C2COC(c3c(F)cccc3F)=N2)cc1. The van der Waals surface area contributed by atoms with Crippen LogP contribution in [0.4, 0.5) is 8.78 Å². The molecule has 0 spiro atoms. The van der Waals surface area contributed by atoms with Crippen molar-refractivity contribution in [2.75, 3.05) is 6.61 Å². The Kier molecular flexibility index (Phi) is 4.45. The zero-order valence-corrected chi connectivity index (χ0v) is 16.3. The number of nitrogens with zero attached hydrogens (tertiary/aromatic N) is 1. The molecular weight excluding hydrogens is 403 g/mol. The van der Waals surface area contributed by atoms with Gasteiger partial charge >= 0.3 is 139 Å². The Morgan fingerprint density at radius 1 is 1.00 bits per heavy atom. The Hall–Kier alpha value is -1.43.